The first-order valence-corrected chi connectivity index (χ1v) is 17.2. The third-order valence-electron chi connectivity index (χ3n) is 8.67. The summed E-state index contributed by atoms with van der Waals surface area (Å²) in [5, 5.41) is 0. The van der Waals surface area contributed by atoms with Crippen LogP contribution in [0.4, 0.5) is 8.78 Å². The minimum Gasteiger partial charge on any atom is -0.490 e. The topological polar surface area (TPSA) is 44.8 Å². The van der Waals surface area contributed by atoms with E-state index in [1.54, 1.807) is 24.3 Å². The quantitative estimate of drug-likeness (QED) is 0.0609. The molecule has 0 unspecified atom stereocenters. The van der Waals surface area contributed by atoms with E-state index in [1.165, 1.54) is 102 Å². The lowest BCUT2D eigenvalue weighted by Crippen LogP contribution is -2.13. The lowest BCUT2D eigenvalue weighted by molar-refractivity contribution is 0.0728. The number of ether oxygens (including phenoxy) is 3. The largest absolute Gasteiger partial charge is 0.490 e. The van der Waals surface area contributed by atoms with Gasteiger partial charge < -0.3 is 14.2 Å². The Morgan fingerprint density at radius 2 is 1.34 bits per heavy atom. The molecular weight excluding hydrogens is 558 g/mol. The van der Waals surface area contributed by atoms with Gasteiger partial charge in [-0.05, 0) is 80.3 Å². The number of benzene rings is 2. The van der Waals surface area contributed by atoms with Gasteiger partial charge in [0, 0.05) is 0 Å². The van der Waals surface area contributed by atoms with Crippen molar-refractivity contribution in [2.45, 2.75) is 123 Å². The van der Waals surface area contributed by atoms with Gasteiger partial charge in [0.2, 0.25) is 5.82 Å². The van der Waals surface area contributed by atoms with Gasteiger partial charge in [0.15, 0.2) is 11.6 Å². The first-order chi connectivity index (χ1) is 21.5. The molecule has 0 aromatic heterocycles. The molecule has 44 heavy (non-hydrogen) atoms. The minimum atomic E-state index is -1.27. The summed E-state index contributed by atoms with van der Waals surface area (Å²) < 4.78 is 45.8. The van der Waals surface area contributed by atoms with E-state index < -0.39 is 23.2 Å². The minimum absolute atomic E-state index is 0.191. The van der Waals surface area contributed by atoms with Crippen LogP contribution < -0.4 is 14.2 Å². The van der Waals surface area contributed by atoms with Crippen LogP contribution in [0.5, 0.6) is 17.2 Å². The fourth-order valence-corrected chi connectivity index (χ4v) is 5.91. The molecule has 0 N–H and O–H groups in total. The first-order valence-electron chi connectivity index (χ1n) is 17.2. The molecule has 1 saturated carbocycles. The zero-order valence-corrected chi connectivity index (χ0v) is 27.1. The number of hydrogen-bond donors (Lipinski definition) is 0. The molecular formula is C38H54F2O4. The number of halogens is 2. The maximum atomic E-state index is 14.7. The van der Waals surface area contributed by atoms with E-state index in [0.717, 1.165) is 25.2 Å². The highest BCUT2D eigenvalue weighted by atomic mass is 19.2. The molecule has 1 aliphatic carbocycles. The Bertz CT molecular complexity index is 1110. The third kappa shape index (κ3) is 13.0. The molecule has 244 valence electrons. The number of carbonyl (C=O) groups is 1. The molecule has 1 fully saturated rings. The molecule has 0 bridgehead atoms. The summed E-state index contributed by atoms with van der Waals surface area (Å²) in [4.78, 5) is 12.6. The summed E-state index contributed by atoms with van der Waals surface area (Å²) >= 11 is 0. The molecule has 0 heterocycles. The lowest BCUT2D eigenvalue weighted by atomic mass is 9.79. The van der Waals surface area contributed by atoms with Gasteiger partial charge in [-0.15, -0.1) is 0 Å². The fraction of sp³-hybridized carbons (Fsp3) is 0.605. The molecule has 6 heteroatoms. The maximum Gasteiger partial charge on any atom is 0.346 e. The molecule has 1 aliphatic rings. The molecule has 0 spiro atoms. The van der Waals surface area contributed by atoms with Crippen LogP contribution in [-0.2, 0) is 0 Å². The van der Waals surface area contributed by atoms with Crippen LogP contribution in [0.3, 0.4) is 0 Å². The Balaban J connectivity index is 1.34. The van der Waals surface area contributed by atoms with Crippen LogP contribution in [-0.4, -0.2) is 19.2 Å². The lowest BCUT2D eigenvalue weighted by Gasteiger charge is -2.26. The van der Waals surface area contributed by atoms with Gasteiger partial charge in [0.05, 0.1) is 12.2 Å². The van der Waals surface area contributed by atoms with Crippen molar-refractivity contribution in [3.8, 4) is 17.2 Å². The van der Waals surface area contributed by atoms with Gasteiger partial charge >= 0.3 is 5.97 Å². The van der Waals surface area contributed by atoms with E-state index in [0.29, 0.717) is 24.9 Å². The highest BCUT2D eigenvalue weighted by molar-refractivity contribution is 5.91. The second-order valence-corrected chi connectivity index (χ2v) is 12.3. The number of unbranched alkanes of at least 4 members (excludes halogenated alkanes) is 10. The highest BCUT2D eigenvalue weighted by Crippen LogP contribution is 2.33. The van der Waals surface area contributed by atoms with Crippen molar-refractivity contribution in [1.29, 1.82) is 0 Å². The molecule has 0 atom stereocenters. The van der Waals surface area contributed by atoms with Gasteiger partial charge in [-0.3, -0.25) is 0 Å². The second-order valence-electron chi connectivity index (χ2n) is 12.3. The van der Waals surface area contributed by atoms with Gasteiger partial charge in [-0.2, -0.15) is 4.39 Å². The standard InChI is InChI=1S/C38H54F2O4/c1-3-5-7-8-9-10-11-12-14-28-43-35-27-26-34(36(39)37(35)40)38(41)44-33-24-22-32(23-25-33)42-29-15-17-31-20-18-30(19-21-31)16-13-6-4-2/h15,17,22-27,30-31H,3-14,16,18-21,28-29H2,1-2H3/b17-15+/t30-,31-. The number of carbonyl (C=O) groups excluding carboxylic acids is 1. The highest BCUT2D eigenvalue weighted by Gasteiger charge is 2.21. The number of hydrogen-bond acceptors (Lipinski definition) is 4. The smallest absolute Gasteiger partial charge is 0.346 e. The summed E-state index contributed by atoms with van der Waals surface area (Å²) in [6.07, 6.45) is 25.3. The van der Waals surface area contributed by atoms with Gasteiger partial charge in [-0.1, -0.05) is 103 Å². The van der Waals surface area contributed by atoms with Crippen molar-refractivity contribution < 1.29 is 27.8 Å². The molecule has 2 aromatic rings. The van der Waals surface area contributed by atoms with Crippen molar-refractivity contribution in [1.82, 2.24) is 0 Å². The third-order valence-corrected chi connectivity index (χ3v) is 8.67. The summed E-state index contributed by atoms with van der Waals surface area (Å²) in [6, 6.07) is 9.03. The second kappa shape index (κ2) is 21.0. The monoisotopic (exact) mass is 612 g/mol. The maximum absolute atomic E-state index is 14.7. The molecule has 0 aliphatic heterocycles. The van der Waals surface area contributed by atoms with Crippen LogP contribution in [0, 0.1) is 23.5 Å². The van der Waals surface area contributed by atoms with Crippen molar-refractivity contribution in [3.05, 3.63) is 65.7 Å². The zero-order valence-electron chi connectivity index (χ0n) is 27.1. The zero-order chi connectivity index (χ0) is 31.4. The molecule has 3 rings (SSSR count). The van der Waals surface area contributed by atoms with E-state index >= 15 is 0 Å². The van der Waals surface area contributed by atoms with E-state index in [1.807, 2.05) is 0 Å². The summed E-state index contributed by atoms with van der Waals surface area (Å²) in [7, 11) is 0. The predicted molar refractivity (Wildman–Crippen MR) is 175 cm³/mol. The van der Waals surface area contributed by atoms with Crippen LogP contribution >= 0.6 is 0 Å². The number of allylic oxidation sites excluding steroid dienone is 1. The van der Waals surface area contributed by atoms with Crippen molar-refractivity contribution >= 4 is 5.97 Å². The van der Waals surface area contributed by atoms with Gasteiger partial charge in [0.1, 0.15) is 18.1 Å². The molecule has 0 amide bonds. The van der Waals surface area contributed by atoms with E-state index in [-0.39, 0.29) is 11.5 Å². The van der Waals surface area contributed by atoms with Crippen molar-refractivity contribution in [2.75, 3.05) is 13.2 Å². The fourth-order valence-electron chi connectivity index (χ4n) is 5.91. The van der Waals surface area contributed by atoms with Gasteiger partial charge in [0.25, 0.3) is 0 Å². The van der Waals surface area contributed by atoms with E-state index in [4.69, 9.17) is 14.2 Å². The normalized spacial score (nSPS) is 16.7. The number of rotatable bonds is 21. The van der Waals surface area contributed by atoms with Crippen LogP contribution in [0.25, 0.3) is 0 Å². The Morgan fingerprint density at radius 3 is 2.02 bits per heavy atom. The predicted octanol–water partition coefficient (Wildman–Crippen LogP) is 11.4. The summed E-state index contributed by atoms with van der Waals surface area (Å²) in [5.41, 5.74) is -0.474. The molecule has 0 radical (unpaired) electrons. The number of esters is 1. The van der Waals surface area contributed by atoms with Crippen molar-refractivity contribution in [3.63, 3.8) is 0 Å². The Labute approximate surface area is 264 Å². The Morgan fingerprint density at radius 1 is 0.727 bits per heavy atom. The molecule has 2 aromatic carbocycles. The SMILES string of the molecule is CCCCCCCCCCCOc1ccc(C(=O)Oc2ccc(OC/C=C/[C@H]3CC[C@H](CCCCC)CC3)cc2)c(F)c1F. The summed E-state index contributed by atoms with van der Waals surface area (Å²) in [6.45, 7) is 5.24. The Kier molecular flexibility index (Phi) is 16.9. The average molecular weight is 613 g/mol. The van der Waals surface area contributed by atoms with Gasteiger partial charge in [-0.25, -0.2) is 9.18 Å². The van der Waals surface area contributed by atoms with E-state index in [2.05, 4.69) is 26.0 Å². The Hall–Kier alpha value is -2.89. The first kappa shape index (κ1) is 35.6. The van der Waals surface area contributed by atoms with Crippen LogP contribution in [0.15, 0.2) is 48.6 Å². The van der Waals surface area contributed by atoms with E-state index in [9.17, 15) is 13.6 Å². The van der Waals surface area contributed by atoms with Crippen LogP contribution in [0.1, 0.15) is 133 Å². The van der Waals surface area contributed by atoms with Crippen molar-refractivity contribution in [2.24, 2.45) is 11.8 Å². The molecule has 4 nitrogen and oxygen atoms in total. The molecule has 0 saturated heterocycles. The summed E-state index contributed by atoms with van der Waals surface area (Å²) in [5.74, 6) is -1.21. The van der Waals surface area contributed by atoms with Crippen LogP contribution in [0.2, 0.25) is 0 Å². The average Bonchev–Trinajstić information content (AvgIpc) is 3.03.